The van der Waals surface area contributed by atoms with Crippen LogP contribution in [-0.4, -0.2) is 0 Å². The van der Waals surface area contributed by atoms with Crippen LogP contribution in [0.4, 0.5) is 0 Å². The molecule has 0 amide bonds. The van der Waals surface area contributed by atoms with Crippen molar-refractivity contribution in [1.82, 2.24) is 0 Å². The standard InChI is InChI=1S/C15H12S/c1-13-6-5-9-15(12-13)16-11-10-14-7-3-2-4-8-14/h2-9,12H,1H3. The number of hydrogen-bond donors (Lipinski definition) is 0. The first-order valence-corrected chi connectivity index (χ1v) is 5.96. The monoisotopic (exact) mass is 224 g/mol. The van der Waals surface area contributed by atoms with Crippen molar-refractivity contribution in [2.75, 3.05) is 0 Å². The third-order valence-electron chi connectivity index (χ3n) is 2.13. The first-order chi connectivity index (χ1) is 7.84. The molecule has 0 aromatic heterocycles. The van der Waals surface area contributed by atoms with Gasteiger partial charge >= 0.3 is 0 Å². The van der Waals surface area contributed by atoms with Gasteiger partial charge in [0.2, 0.25) is 0 Å². The fourth-order valence-electron chi connectivity index (χ4n) is 1.34. The third kappa shape index (κ3) is 3.18. The van der Waals surface area contributed by atoms with E-state index in [4.69, 9.17) is 0 Å². The number of thioether (sulfide) groups is 1. The Balaban J connectivity index is 2.06. The predicted octanol–water partition coefficient (Wildman–Crippen LogP) is 4.10. The van der Waals surface area contributed by atoms with Crippen LogP contribution in [0.1, 0.15) is 11.1 Å². The fourth-order valence-corrected chi connectivity index (χ4v) is 2.02. The zero-order valence-corrected chi connectivity index (χ0v) is 9.92. The van der Waals surface area contributed by atoms with Crippen molar-refractivity contribution in [3.8, 4) is 11.2 Å². The first-order valence-electron chi connectivity index (χ1n) is 5.14. The maximum absolute atomic E-state index is 3.13. The van der Waals surface area contributed by atoms with E-state index in [-0.39, 0.29) is 0 Å². The van der Waals surface area contributed by atoms with Gasteiger partial charge in [0.05, 0.1) is 0 Å². The van der Waals surface area contributed by atoms with Crippen molar-refractivity contribution in [1.29, 1.82) is 0 Å². The van der Waals surface area contributed by atoms with Crippen molar-refractivity contribution in [3.63, 3.8) is 0 Å². The summed E-state index contributed by atoms with van der Waals surface area (Å²) < 4.78 is 0. The second kappa shape index (κ2) is 5.44. The van der Waals surface area contributed by atoms with E-state index in [1.165, 1.54) is 10.5 Å². The average molecular weight is 224 g/mol. The molecule has 0 N–H and O–H groups in total. The number of hydrogen-bond acceptors (Lipinski definition) is 1. The quantitative estimate of drug-likeness (QED) is 0.519. The highest BCUT2D eigenvalue weighted by atomic mass is 32.2. The van der Waals surface area contributed by atoms with E-state index in [0.717, 1.165) is 5.56 Å². The Kier molecular flexibility index (Phi) is 3.69. The highest BCUT2D eigenvalue weighted by Crippen LogP contribution is 2.17. The zero-order chi connectivity index (χ0) is 11.2. The van der Waals surface area contributed by atoms with Crippen molar-refractivity contribution < 1.29 is 0 Å². The minimum Gasteiger partial charge on any atom is -0.0622 e. The summed E-state index contributed by atoms with van der Waals surface area (Å²) in [4.78, 5) is 1.20. The largest absolute Gasteiger partial charge is 0.0622 e. The maximum Gasteiger partial charge on any atom is 0.0254 e. The second-order valence-corrected chi connectivity index (χ2v) is 4.39. The Morgan fingerprint density at radius 2 is 1.75 bits per heavy atom. The molecule has 0 saturated heterocycles. The number of aryl methyl sites for hydroxylation is 1. The van der Waals surface area contributed by atoms with Gasteiger partial charge in [-0.1, -0.05) is 36.3 Å². The molecule has 0 aliphatic carbocycles. The Labute approximate surface area is 101 Å². The Morgan fingerprint density at radius 1 is 0.938 bits per heavy atom. The molecule has 78 valence electrons. The summed E-state index contributed by atoms with van der Waals surface area (Å²) in [5.41, 5.74) is 2.33. The molecule has 0 fully saturated rings. The molecule has 0 saturated carbocycles. The molecule has 0 aliphatic heterocycles. The number of benzene rings is 2. The van der Waals surface area contributed by atoms with E-state index >= 15 is 0 Å². The highest BCUT2D eigenvalue weighted by Gasteiger charge is 1.90. The summed E-state index contributed by atoms with van der Waals surface area (Å²) in [6, 6.07) is 18.4. The van der Waals surface area contributed by atoms with Gasteiger partial charge in [-0.05, 0) is 53.8 Å². The van der Waals surface area contributed by atoms with Gasteiger partial charge in [-0.15, -0.1) is 0 Å². The van der Waals surface area contributed by atoms with E-state index in [0.29, 0.717) is 0 Å². The molecule has 2 aromatic rings. The molecule has 0 bridgehead atoms. The molecule has 0 spiro atoms. The van der Waals surface area contributed by atoms with Crippen LogP contribution in [0.2, 0.25) is 0 Å². The van der Waals surface area contributed by atoms with Crippen LogP contribution in [0.5, 0.6) is 0 Å². The summed E-state index contributed by atoms with van der Waals surface area (Å²) in [5.74, 6) is 3.13. The van der Waals surface area contributed by atoms with Crippen LogP contribution in [0.3, 0.4) is 0 Å². The lowest BCUT2D eigenvalue weighted by atomic mass is 10.2. The highest BCUT2D eigenvalue weighted by molar-refractivity contribution is 8.04. The van der Waals surface area contributed by atoms with E-state index in [1.807, 2.05) is 30.3 Å². The predicted molar refractivity (Wildman–Crippen MR) is 70.4 cm³/mol. The molecule has 0 aliphatic rings. The van der Waals surface area contributed by atoms with Crippen molar-refractivity contribution >= 4 is 11.8 Å². The summed E-state index contributed by atoms with van der Waals surface area (Å²) in [7, 11) is 0. The van der Waals surface area contributed by atoms with E-state index in [9.17, 15) is 0 Å². The van der Waals surface area contributed by atoms with Crippen molar-refractivity contribution in [2.45, 2.75) is 11.8 Å². The van der Waals surface area contributed by atoms with E-state index < -0.39 is 0 Å². The average Bonchev–Trinajstić information content (AvgIpc) is 2.30. The lowest BCUT2D eigenvalue weighted by Gasteiger charge is -1.95. The van der Waals surface area contributed by atoms with Gasteiger partial charge < -0.3 is 0 Å². The topological polar surface area (TPSA) is 0 Å². The molecule has 2 rings (SSSR count). The Morgan fingerprint density at radius 3 is 2.50 bits per heavy atom. The molecular formula is C15H12S. The van der Waals surface area contributed by atoms with Gasteiger partial charge in [0.1, 0.15) is 0 Å². The number of rotatable bonds is 1. The van der Waals surface area contributed by atoms with Gasteiger partial charge in [0.25, 0.3) is 0 Å². The van der Waals surface area contributed by atoms with Gasteiger partial charge in [0, 0.05) is 10.5 Å². The smallest absolute Gasteiger partial charge is 0.0254 e. The molecule has 16 heavy (non-hydrogen) atoms. The Hall–Kier alpha value is -1.65. The molecule has 0 unspecified atom stereocenters. The zero-order valence-electron chi connectivity index (χ0n) is 9.10. The lowest BCUT2D eigenvalue weighted by molar-refractivity contribution is 1.37. The van der Waals surface area contributed by atoms with Crippen molar-refractivity contribution in [3.05, 3.63) is 65.7 Å². The molecular weight excluding hydrogens is 212 g/mol. The normalized spacial score (nSPS) is 9.31. The minimum absolute atomic E-state index is 1.06. The van der Waals surface area contributed by atoms with Crippen LogP contribution in [0.15, 0.2) is 59.5 Å². The molecule has 0 heterocycles. The van der Waals surface area contributed by atoms with E-state index in [2.05, 4.69) is 42.4 Å². The van der Waals surface area contributed by atoms with Crippen molar-refractivity contribution in [2.24, 2.45) is 0 Å². The van der Waals surface area contributed by atoms with Gasteiger partial charge in [0.15, 0.2) is 0 Å². The SMILES string of the molecule is Cc1cccc(SC#Cc2ccccc2)c1. The minimum atomic E-state index is 1.06. The lowest BCUT2D eigenvalue weighted by Crippen LogP contribution is -1.72. The van der Waals surface area contributed by atoms with Crippen LogP contribution in [0, 0.1) is 18.1 Å². The van der Waals surface area contributed by atoms with Gasteiger partial charge in [-0.2, -0.15) is 0 Å². The maximum atomic E-state index is 3.13. The molecule has 0 atom stereocenters. The molecule has 1 heteroatoms. The molecule has 0 radical (unpaired) electrons. The summed E-state index contributed by atoms with van der Waals surface area (Å²) in [6.45, 7) is 2.09. The molecule has 0 nitrogen and oxygen atoms in total. The van der Waals surface area contributed by atoms with Gasteiger partial charge in [-0.25, -0.2) is 0 Å². The second-order valence-electron chi connectivity index (χ2n) is 3.51. The first kappa shape index (κ1) is 10.9. The fraction of sp³-hybridized carbons (Fsp3) is 0.0667. The summed E-state index contributed by atoms with van der Waals surface area (Å²) in [6.07, 6.45) is 0. The van der Waals surface area contributed by atoms with E-state index in [1.54, 1.807) is 11.8 Å². The molecule has 2 aromatic carbocycles. The van der Waals surface area contributed by atoms with Gasteiger partial charge in [-0.3, -0.25) is 0 Å². The summed E-state index contributed by atoms with van der Waals surface area (Å²) in [5, 5.41) is 3.11. The van der Waals surface area contributed by atoms with Crippen LogP contribution >= 0.6 is 11.8 Å². The van der Waals surface area contributed by atoms with Crippen LogP contribution < -0.4 is 0 Å². The van der Waals surface area contributed by atoms with Crippen LogP contribution in [0.25, 0.3) is 0 Å². The Bertz CT molecular complexity index is 518. The van der Waals surface area contributed by atoms with Crippen LogP contribution in [-0.2, 0) is 0 Å². The summed E-state index contributed by atoms with van der Waals surface area (Å²) >= 11 is 1.57. The third-order valence-corrected chi connectivity index (χ3v) is 2.82.